The van der Waals surface area contributed by atoms with Gasteiger partial charge in [-0.1, -0.05) is 120 Å². The first-order valence-corrected chi connectivity index (χ1v) is 16.7. The third kappa shape index (κ3) is 7.85. The molecule has 9 heteroatoms. The van der Waals surface area contributed by atoms with E-state index >= 15 is 0 Å². The molecule has 0 fully saturated rings. The number of nitrogens with zero attached hydrogens (tertiary/aromatic N) is 1. The van der Waals surface area contributed by atoms with Crippen LogP contribution in [0.3, 0.4) is 0 Å². The monoisotopic (exact) mass is 671 g/mol. The Bertz CT molecular complexity index is 1930. The molecule has 0 aliphatic carbocycles. The zero-order chi connectivity index (χ0) is 32.7. The summed E-state index contributed by atoms with van der Waals surface area (Å²) in [5.74, 6) is -1.51. The Morgan fingerprint density at radius 2 is 1.37 bits per heavy atom. The summed E-state index contributed by atoms with van der Waals surface area (Å²) in [6, 6.07) is 37.4. The van der Waals surface area contributed by atoms with Crippen LogP contribution >= 0.6 is 23.2 Å². The van der Waals surface area contributed by atoms with Gasteiger partial charge >= 0.3 is 5.97 Å². The first-order chi connectivity index (χ1) is 22.2. The Kier molecular flexibility index (Phi) is 10.6. The molecule has 0 heterocycles. The number of hydrogen-bond acceptors (Lipinski definition) is 5. The lowest BCUT2D eigenvalue weighted by molar-refractivity contribution is -0.145. The Hall–Kier alpha value is -4.43. The summed E-state index contributed by atoms with van der Waals surface area (Å²) in [5, 5.41) is 0.332. The molecule has 0 aliphatic rings. The summed E-state index contributed by atoms with van der Waals surface area (Å²) in [5.41, 5.74) is 4.21. The minimum absolute atomic E-state index is 0.0198. The van der Waals surface area contributed by atoms with Gasteiger partial charge in [0.25, 0.3) is 10.0 Å². The van der Waals surface area contributed by atoms with Crippen molar-refractivity contribution in [3.63, 3.8) is 0 Å². The van der Waals surface area contributed by atoms with Gasteiger partial charge in [-0.05, 0) is 59.0 Å². The largest absolute Gasteiger partial charge is 0.469 e. The number of carbonyl (C=O) groups is 2. The van der Waals surface area contributed by atoms with Crippen LogP contribution in [0.1, 0.15) is 27.9 Å². The van der Waals surface area contributed by atoms with E-state index in [1.54, 1.807) is 18.2 Å². The highest BCUT2D eigenvalue weighted by Gasteiger charge is 2.28. The van der Waals surface area contributed by atoms with Crippen molar-refractivity contribution in [3.8, 4) is 11.1 Å². The summed E-state index contributed by atoms with van der Waals surface area (Å²) in [7, 11) is -2.88. The molecule has 0 aromatic heterocycles. The van der Waals surface area contributed by atoms with Crippen molar-refractivity contribution in [1.29, 1.82) is 0 Å². The number of sulfonamides is 1. The van der Waals surface area contributed by atoms with Crippen molar-refractivity contribution in [2.75, 3.05) is 11.4 Å². The number of ketones is 1. The Morgan fingerprint density at radius 3 is 2.02 bits per heavy atom. The highest BCUT2D eigenvalue weighted by molar-refractivity contribution is 7.92. The number of hydrogen-bond donors (Lipinski definition) is 0. The molecular weight excluding hydrogens is 641 g/mol. The van der Waals surface area contributed by atoms with Crippen molar-refractivity contribution in [1.82, 2.24) is 0 Å². The number of Topliss-reactive ketones (excluding diaryl/α,β-unsaturated/α-hetero) is 1. The van der Waals surface area contributed by atoms with Gasteiger partial charge in [-0.15, -0.1) is 0 Å². The van der Waals surface area contributed by atoms with Crippen LogP contribution in [0.15, 0.2) is 132 Å². The number of carbonyl (C=O) groups excluding carboxylic acids is 2. The van der Waals surface area contributed by atoms with E-state index in [4.69, 9.17) is 27.9 Å². The van der Waals surface area contributed by atoms with E-state index in [1.807, 2.05) is 84.9 Å². The molecular formula is C37H31Cl2NO5S. The molecule has 0 radical (unpaired) electrons. The van der Waals surface area contributed by atoms with Crippen LogP contribution < -0.4 is 4.31 Å². The number of anilines is 1. The SMILES string of the molecule is COC(=O)C(CC(=O)c1cccc(N(Cc2ccc(-c3ccccc3)cc2)S(=O)(=O)c2ccc(Cl)c(Cl)c2)c1)Cc1ccccc1. The van der Waals surface area contributed by atoms with Crippen LogP contribution in [0, 0.1) is 5.92 Å². The molecule has 46 heavy (non-hydrogen) atoms. The number of rotatable bonds is 12. The predicted molar refractivity (Wildman–Crippen MR) is 183 cm³/mol. The normalized spacial score (nSPS) is 11.9. The Labute approximate surface area is 279 Å². The van der Waals surface area contributed by atoms with Gasteiger partial charge in [0.2, 0.25) is 0 Å². The van der Waals surface area contributed by atoms with Gasteiger partial charge in [0.15, 0.2) is 5.78 Å². The molecule has 0 aliphatic heterocycles. The minimum Gasteiger partial charge on any atom is -0.469 e. The molecule has 6 nitrogen and oxygen atoms in total. The van der Waals surface area contributed by atoms with Crippen molar-refractivity contribution >= 4 is 50.7 Å². The molecule has 1 atom stereocenters. The highest BCUT2D eigenvalue weighted by atomic mass is 35.5. The van der Waals surface area contributed by atoms with Gasteiger partial charge in [-0.25, -0.2) is 8.42 Å². The van der Waals surface area contributed by atoms with Crippen LogP contribution in [0.2, 0.25) is 10.0 Å². The standard InChI is InChI=1S/C37H31Cl2NO5S/c1-45-37(42)31(21-26-9-4-2-5-10-26)23-36(41)30-13-8-14-32(22-30)40(46(43,44)33-19-20-34(38)35(39)24-33)25-27-15-17-29(18-16-27)28-11-6-3-7-12-28/h2-20,22,24,31H,21,23,25H2,1H3. The first kappa shape index (κ1) is 32.9. The van der Waals surface area contributed by atoms with E-state index in [1.165, 1.54) is 35.7 Å². The molecule has 234 valence electrons. The minimum atomic E-state index is -4.17. The number of ether oxygens (including phenoxy) is 1. The van der Waals surface area contributed by atoms with E-state index in [0.717, 1.165) is 22.3 Å². The number of benzene rings is 5. The average molecular weight is 673 g/mol. The Balaban J connectivity index is 1.48. The van der Waals surface area contributed by atoms with Crippen LogP contribution in [0.25, 0.3) is 11.1 Å². The lowest BCUT2D eigenvalue weighted by atomic mass is 9.92. The van der Waals surface area contributed by atoms with Crippen LogP contribution in [0.4, 0.5) is 5.69 Å². The molecule has 0 N–H and O–H groups in total. The first-order valence-electron chi connectivity index (χ1n) is 14.5. The van der Waals surface area contributed by atoms with Crippen LogP contribution in [-0.4, -0.2) is 27.3 Å². The molecule has 0 amide bonds. The second-order valence-corrected chi connectivity index (χ2v) is 13.4. The van der Waals surface area contributed by atoms with Gasteiger partial charge in [0.1, 0.15) is 0 Å². The van der Waals surface area contributed by atoms with Gasteiger partial charge in [-0.3, -0.25) is 13.9 Å². The summed E-state index contributed by atoms with van der Waals surface area (Å²) >= 11 is 12.3. The predicted octanol–water partition coefficient (Wildman–Crippen LogP) is 8.66. The van der Waals surface area contributed by atoms with Gasteiger partial charge in [0, 0.05) is 12.0 Å². The van der Waals surface area contributed by atoms with Crippen molar-refractivity contribution in [2.24, 2.45) is 5.92 Å². The molecule has 5 aromatic rings. The van der Waals surface area contributed by atoms with Crippen LogP contribution in [0.5, 0.6) is 0 Å². The maximum absolute atomic E-state index is 14.2. The summed E-state index contributed by atoms with van der Waals surface area (Å²) in [4.78, 5) is 26.2. The zero-order valence-corrected chi connectivity index (χ0v) is 27.3. The fraction of sp³-hybridized carbons (Fsp3) is 0.135. The molecule has 1 unspecified atom stereocenters. The fourth-order valence-corrected chi connectivity index (χ4v) is 6.99. The average Bonchev–Trinajstić information content (AvgIpc) is 3.08. The summed E-state index contributed by atoms with van der Waals surface area (Å²) in [6.45, 7) is -0.0198. The maximum atomic E-state index is 14.2. The number of methoxy groups -OCH3 is 1. The van der Waals surface area contributed by atoms with Crippen molar-refractivity contribution < 1.29 is 22.7 Å². The van der Waals surface area contributed by atoms with Gasteiger partial charge < -0.3 is 4.74 Å². The van der Waals surface area contributed by atoms with E-state index in [0.29, 0.717) is 6.42 Å². The number of halogens is 2. The van der Waals surface area contributed by atoms with E-state index < -0.39 is 21.9 Å². The van der Waals surface area contributed by atoms with Crippen molar-refractivity contribution in [2.45, 2.75) is 24.3 Å². The topological polar surface area (TPSA) is 80.8 Å². The number of esters is 1. The smallest absolute Gasteiger partial charge is 0.309 e. The van der Waals surface area contributed by atoms with E-state index in [2.05, 4.69) is 0 Å². The highest BCUT2D eigenvalue weighted by Crippen LogP contribution is 2.32. The molecule has 0 spiro atoms. The summed E-state index contributed by atoms with van der Waals surface area (Å²) < 4.78 is 34.6. The van der Waals surface area contributed by atoms with E-state index in [-0.39, 0.29) is 44.9 Å². The zero-order valence-electron chi connectivity index (χ0n) is 25.0. The fourth-order valence-electron chi connectivity index (χ4n) is 5.16. The quantitative estimate of drug-likeness (QED) is 0.0979. The van der Waals surface area contributed by atoms with E-state index in [9.17, 15) is 18.0 Å². The molecule has 5 rings (SSSR count). The van der Waals surface area contributed by atoms with Gasteiger partial charge in [-0.2, -0.15) is 0 Å². The molecule has 0 bridgehead atoms. The third-order valence-corrected chi connectivity index (χ3v) is 10.1. The maximum Gasteiger partial charge on any atom is 0.309 e. The van der Waals surface area contributed by atoms with Crippen molar-refractivity contribution in [3.05, 3.63) is 154 Å². The summed E-state index contributed by atoms with van der Waals surface area (Å²) in [6.07, 6.45) is 0.223. The lowest BCUT2D eigenvalue weighted by Gasteiger charge is -2.25. The molecule has 5 aromatic carbocycles. The lowest BCUT2D eigenvalue weighted by Crippen LogP contribution is -2.31. The Morgan fingerprint density at radius 1 is 0.717 bits per heavy atom. The third-order valence-electron chi connectivity index (χ3n) is 7.61. The second kappa shape index (κ2) is 14.8. The molecule has 0 saturated heterocycles. The second-order valence-electron chi connectivity index (χ2n) is 10.7. The van der Waals surface area contributed by atoms with Crippen LogP contribution in [-0.2, 0) is 32.5 Å². The molecule has 0 saturated carbocycles. The van der Waals surface area contributed by atoms with Gasteiger partial charge in [0.05, 0.1) is 40.2 Å².